The summed E-state index contributed by atoms with van der Waals surface area (Å²) in [5.74, 6) is 0.483. The number of carbonyl (C=O) groups excluding carboxylic acids is 1. The van der Waals surface area contributed by atoms with E-state index in [0.717, 1.165) is 25.7 Å². The first kappa shape index (κ1) is 12.9. The van der Waals surface area contributed by atoms with Gasteiger partial charge in [0.15, 0.2) is 0 Å². The molecule has 1 amide bonds. The van der Waals surface area contributed by atoms with Crippen LogP contribution in [0.1, 0.15) is 31.2 Å². The smallest absolute Gasteiger partial charge is 0.223 e. The Morgan fingerprint density at radius 3 is 2.67 bits per heavy atom. The zero-order valence-corrected chi connectivity index (χ0v) is 10.8. The number of hydrogen-bond donors (Lipinski definition) is 1. The molecule has 1 atom stereocenters. The lowest BCUT2D eigenvalue weighted by atomic mass is 9.84. The average molecular weight is 243 g/mol. The largest absolute Gasteiger partial charge is 0.352 e. The quantitative estimate of drug-likeness (QED) is 0.764. The summed E-state index contributed by atoms with van der Waals surface area (Å²) in [6, 6.07) is 10.5. The van der Waals surface area contributed by atoms with Crippen LogP contribution in [0.2, 0.25) is 0 Å². The van der Waals surface area contributed by atoms with Crippen LogP contribution in [0.5, 0.6) is 0 Å². The fraction of sp³-hybridized carbons (Fsp3) is 0.438. The van der Waals surface area contributed by atoms with Gasteiger partial charge in [-0.2, -0.15) is 0 Å². The van der Waals surface area contributed by atoms with Crippen LogP contribution in [0, 0.1) is 5.92 Å². The molecule has 2 heteroatoms. The lowest BCUT2D eigenvalue weighted by Gasteiger charge is -2.27. The highest BCUT2D eigenvalue weighted by Gasteiger charge is 2.26. The molecule has 1 saturated carbocycles. The number of nitrogens with one attached hydrogen (secondary N) is 1. The van der Waals surface area contributed by atoms with Gasteiger partial charge in [0.2, 0.25) is 5.91 Å². The van der Waals surface area contributed by atoms with E-state index in [4.69, 9.17) is 0 Å². The molecule has 1 N–H and O–H groups in total. The number of benzene rings is 1. The molecule has 2 nitrogen and oxygen atoms in total. The van der Waals surface area contributed by atoms with Crippen LogP contribution in [-0.4, -0.2) is 11.9 Å². The SMILES string of the molecule is C=CC[C@@H](Cc1ccccc1)NC(=O)C1CCC1. The van der Waals surface area contributed by atoms with Gasteiger partial charge in [-0.05, 0) is 31.2 Å². The van der Waals surface area contributed by atoms with E-state index in [2.05, 4.69) is 24.0 Å². The zero-order chi connectivity index (χ0) is 12.8. The summed E-state index contributed by atoms with van der Waals surface area (Å²) < 4.78 is 0. The van der Waals surface area contributed by atoms with Crippen LogP contribution < -0.4 is 5.32 Å². The molecule has 0 bridgehead atoms. The standard InChI is InChI=1S/C16H21NO/c1-2-7-15(12-13-8-4-3-5-9-13)17-16(18)14-10-6-11-14/h2-5,8-9,14-15H,1,6-7,10-12H2,(H,17,18)/t15-/m0/s1. The Morgan fingerprint density at radius 1 is 1.39 bits per heavy atom. The van der Waals surface area contributed by atoms with Crippen molar-refractivity contribution in [3.63, 3.8) is 0 Å². The Hall–Kier alpha value is -1.57. The summed E-state index contributed by atoms with van der Waals surface area (Å²) in [5.41, 5.74) is 1.26. The van der Waals surface area contributed by atoms with Crippen molar-refractivity contribution in [3.8, 4) is 0 Å². The molecular weight excluding hydrogens is 222 g/mol. The normalized spacial score (nSPS) is 16.7. The first-order valence-electron chi connectivity index (χ1n) is 6.75. The van der Waals surface area contributed by atoms with E-state index in [0.29, 0.717) is 0 Å². The van der Waals surface area contributed by atoms with Crippen LogP contribution in [0.3, 0.4) is 0 Å². The first-order valence-corrected chi connectivity index (χ1v) is 6.75. The van der Waals surface area contributed by atoms with E-state index in [1.165, 1.54) is 12.0 Å². The van der Waals surface area contributed by atoms with E-state index >= 15 is 0 Å². The van der Waals surface area contributed by atoms with Crippen LogP contribution in [0.25, 0.3) is 0 Å². The van der Waals surface area contributed by atoms with Gasteiger partial charge in [0.1, 0.15) is 0 Å². The van der Waals surface area contributed by atoms with Crippen molar-refractivity contribution in [2.45, 2.75) is 38.1 Å². The molecule has 1 fully saturated rings. The predicted octanol–water partition coefficient (Wildman–Crippen LogP) is 3.09. The molecule has 0 spiro atoms. The lowest BCUT2D eigenvalue weighted by Crippen LogP contribution is -2.41. The van der Waals surface area contributed by atoms with E-state index in [1.807, 2.05) is 24.3 Å². The molecular formula is C16H21NO. The van der Waals surface area contributed by atoms with Gasteiger partial charge in [-0.1, -0.05) is 42.8 Å². The van der Waals surface area contributed by atoms with Gasteiger partial charge in [0, 0.05) is 12.0 Å². The van der Waals surface area contributed by atoms with Crippen LogP contribution >= 0.6 is 0 Å². The van der Waals surface area contributed by atoms with Gasteiger partial charge in [-0.25, -0.2) is 0 Å². The predicted molar refractivity (Wildman–Crippen MR) is 74.2 cm³/mol. The molecule has 1 aliphatic carbocycles. The van der Waals surface area contributed by atoms with E-state index in [9.17, 15) is 4.79 Å². The summed E-state index contributed by atoms with van der Waals surface area (Å²) in [4.78, 5) is 12.0. The highest BCUT2D eigenvalue weighted by molar-refractivity contribution is 5.79. The Kier molecular flexibility index (Phi) is 4.57. The molecule has 96 valence electrons. The number of amides is 1. The monoisotopic (exact) mass is 243 g/mol. The van der Waals surface area contributed by atoms with Crippen LogP contribution in [-0.2, 0) is 11.2 Å². The fourth-order valence-corrected chi connectivity index (χ4v) is 2.28. The molecule has 1 aliphatic rings. The lowest BCUT2D eigenvalue weighted by molar-refractivity contribution is -0.128. The zero-order valence-electron chi connectivity index (χ0n) is 10.8. The first-order chi connectivity index (χ1) is 8.79. The Bertz CT molecular complexity index is 395. The van der Waals surface area contributed by atoms with Crippen molar-refractivity contribution < 1.29 is 4.79 Å². The maximum absolute atomic E-state index is 12.0. The minimum Gasteiger partial charge on any atom is -0.352 e. The summed E-state index contributed by atoms with van der Waals surface area (Å²) in [5, 5.41) is 3.16. The van der Waals surface area contributed by atoms with Crippen molar-refractivity contribution in [3.05, 3.63) is 48.6 Å². The topological polar surface area (TPSA) is 29.1 Å². The second-order valence-corrected chi connectivity index (χ2v) is 5.05. The number of hydrogen-bond acceptors (Lipinski definition) is 1. The Morgan fingerprint density at radius 2 is 2.11 bits per heavy atom. The summed E-state index contributed by atoms with van der Waals surface area (Å²) >= 11 is 0. The van der Waals surface area contributed by atoms with Crippen molar-refractivity contribution in [1.29, 1.82) is 0 Å². The molecule has 1 aromatic carbocycles. The third-order valence-corrected chi connectivity index (χ3v) is 3.60. The second kappa shape index (κ2) is 6.39. The third kappa shape index (κ3) is 3.46. The Balaban J connectivity index is 1.90. The van der Waals surface area contributed by atoms with Crippen LogP contribution in [0.15, 0.2) is 43.0 Å². The third-order valence-electron chi connectivity index (χ3n) is 3.60. The maximum Gasteiger partial charge on any atom is 0.223 e. The fourth-order valence-electron chi connectivity index (χ4n) is 2.28. The van der Waals surface area contributed by atoms with Gasteiger partial charge in [-0.15, -0.1) is 6.58 Å². The molecule has 0 saturated heterocycles. The molecule has 18 heavy (non-hydrogen) atoms. The summed E-state index contributed by atoms with van der Waals surface area (Å²) in [7, 11) is 0. The van der Waals surface area contributed by atoms with Crippen LogP contribution in [0.4, 0.5) is 0 Å². The molecule has 1 aromatic rings. The second-order valence-electron chi connectivity index (χ2n) is 5.05. The van der Waals surface area contributed by atoms with E-state index in [-0.39, 0.29) is 17.9 Å². The van der Waals surface area contributed by atoms with E-state index < -0.39 is 0 Å². The minimum atomic E-state index is 0.179. The van der Waals surface area contributed by atoms with Gasteiger partial charge >= 0.3 is 0 Å². The molecule has 0 unspecified atom stereocenters. The average Bonchev–Trinajstić information content (AvgIpc) is 2.28. The molecule has 0 radical (unpaired) electrons. The molecule has 0 heterocycles. The van der Waals surface area contributed by atoms with E-state index in [1.54, 1.807) is 0 Å². The summed E-state index contributed by atoms with van der Waals surface area (Å²) in [6.07, 6.45) is 6.90. The Labute approximate surface area is 109 Å². The molecule has 2 rings (SSSR count). The van der Waals surface area contributed by atoms with Crippen molar-refractivity contribution in [1.82, 2.24) is 5.32 Å². The number of rotatable bonds is 6. The molecule has 0 aliphatic heterocycles. The van der Waals surface area contributed by atoms with Gasteiger partial charge in [-0.3, -0.25) is 4.79 Å². The minimum absolute atomic E-state index is 0.179. The van der Waals surface area contributed by atoms with Crippen molar-refractivity contribution in [2.75, 3.05) is 0 Å². The van der Waals surface area contributed by atoms with Gasteiger partial charge < -0.3 is 5.32 Å². The summed E-state index contributed by atoms with van der Waals surface area (Å²) in [6.45, 7) is 3.78. The van der Waals surface area contributed by atoms with Gasteiger partial charge in [0.05, 0.1) is 0 Å². The highest BCUT2D eigenvalue weighted by Crippen LogP contribution is 2.26. The van der Waals surface area contributed by atoms with Gasteiger partial charge in [0.25, 0.3) is 0 Å². The highest BCUT2D eigenvalue weighted by atomic mass is 16.2. The van der Waals surface area contributed by atoms with Crippen molar-refractivity contribution >= 4 is 5.91 Å². The number of carbonyl (C=O) groups is 1. The van der Waals surface area contributed by atoms with Crippen molar-refractivity contribution in [2.24, 2.45) is 5.92 Å². The molecule has 0 aromatic heterocycles. The maximum atomic E-state index is 12.0.